The fourth-order valence-electron chi connectivity index (χ4n) is 4.60. The highest BCUT2D eigenvalue weighted by Crippen LogP contribution is 2.14. The Bertz CT molecular complexity index is 808. The van der Waals surface area contributed by atoms with E-state index in [4.69, 9.17) is 4.43 Å². The molecule has 0 aromatic heterocycles. The first-order valence-electron chi connectivity index (χ1n) is 15.4. The van der Waals surface area contributed by atoms with Crippen LogP contribution < -0.4 is 10.1 Å². The number of hydrogen-bond donors (Lipinski definition) is 0. The summed E-state index contributed by atoms with van der Waals surface area (Å²) in [7, 11) is 1.97. The van der Waals surface area contributed by atoms with Crippen molar-refractivity contribution in [1.82, 2.24) is 0 Å². The second-order valence-electron chi connectivity index (χ2n) is 11.3. The minimum Gasteiger partial charge on any atom is -0.515 e. The SMILES string of the molecule is CCCCCCCCCCCCCCCCCC(=O)O[Si](C)(C)c1ccccc1.CN(C)c1ccccc1. The van der Waals surface area contributed by atoms with Gasteiger partial charge in [-0.3, -0.25) is 4.79 Å². The lowest BCUT2D eigenvalue weighted by Gasteiger charge is -2.23. The molecule has 0 saturated carbocycles. The fraction of sp³-hybridized carbons (Fsp3) is 0.618. The third-order valence-electron chi connectivity index (χ3n) is 7.10. The molecule has 3 nitrogen and oxygen atoms in total. The van der Waals surface area contributed by atoms with Crippen LogP contribution in [0.4, 0.5) is 5.69 Å². The van der Waals surface area contributed by atoms with Gasteiger partial charge in [-0.15, -0.1) is 0 Å². The molecule has 0 aliphatic heterocycles. The number of rotatable bonds is 19. The molecule has 0 aliphatic carbocycles. The lowest BCUT2D eigenvalue weighted by Crippen LogP contribution is -2.46. The molecule has 0 radical (unpaired) electrons. The maximum absolute atomic E-state index is 12.2. The summed E-state index contributed by atoms with van der Waals surface area (Å²) in [6.45, 7) is 6.49. The molecular formula is C34H57NO2Si. The van der Waals surface area contributed by atoms with Crippen molar-refractivity contribution in [3.63, 3.8) is 0 Å². The van der Waals surface area contributed by atoms with Gasteiger partial charge in [-0.25, -0.2) is 0 Å². The molecule has 0 saturated heterocycles. The van der Waals surface area contributed by atoms with E-state index < -0.39 is 8.32 Å². The quantitative estimate of drug-likeness (QED) is 0.131. The number of benzene rings is 2. The van der Waals surface area contributed by atoms with Gasteiger partial charge in [0.25, 0.3) is 14.3 Å². The predicted molar refractivity (Wildman–Crippen MR) is 170 cm³/mol. The summed E-state index contributed by atoms with van der Waals surface area (Å²) in [5.74, 6) is -0.0137. The molecule has 0 aliphatic rings. The minimum atomic E-state index is -2.10. The Morgan fingerprint density at radius 3 is 1.42 bits per heavy atom. The van der Waals surface area contributed by atoms with E-state index in [9.17, 15) is 4.79 Å². The number of unbranched alkanes of at least 4 members (excludes halogenated alkanes) is 14. The van der Waals surface area contributed by atoms with Crippen LogP contribution in [-0.2, 0) is 9.22 Å². The molecule has 0 N–H and O–H groups in total. The van der Waals surface area contributed by atoms with E-state index in [1.807, 2.05) is 50.5 Å². The zero-order valence-electron chi connectivity index (χ0n) is 25.4. The van der Waals surface area contributed by atoms with E-state index in [1.54, 1.807) is 0 Å². The van der Waals surface area contributed by atoms with Gasteiger partial charge in [0, 0.05) is 26.2 Å². The van der Waals surface area contributed by atoms with E-state index in [2.05, 4.69) is 49.2 Å². The Hall–Kier alpha value is -2.07. The van der Waals surface area contributed by atoms with E-state index >= 15 is 0 Å². The summed E-state index contributed by atoms with van der Waals surface area (Å²) in [6, 6.07) is 20.5. The van der Waals surface area contributed by atoms with Gasteiger partial charge in [0.05, 0.1) is 0 Å². The second kappa shape index (κ2) is 21.8. The van der Waals surface area contributed by atoms with Crippen LogP contribution in [0, 0.1) is 0 Å². The first-order chi connectivity index (χ1) is 18.4. The molecule has 0 atom stereocenters. The normalized spacial score (nSPS) is 11.0. The highest BCUT2D eigenvalue weighted by Gasteiger charge is 2.28. The molecule has 2 aromatic rings. The highest BCUT2D eigenvalue weighted by atomic mass is 28.4. The molecule has 2 aromatic carbocycles. The van der Waals surface area contributed by atoms with E-state index in [0.717, 1.165) is 12.8 Å². The van der Waals surface area contributed by atoms with Crippen LogP contribution in [0.15, 0.2) is 60.7 Å². The Morgan fingerprint density at radius 2 is 1.03 bits per heavy atom. The molecule has 0 amide bonds. The molecule has 2 rings (SSSR count). The van der Waals surface area contributed by atoms with Crippen molar-refractivity contribution in [2.24, 2.45) is 0 Å². The van der Waals surface area contributed by atoms with Crippen molar-refractivity contribution < 1.29 is 9.22 Å². The topological polar surface area (TPSA) is 29.5 Å². The van der Waals surface area contributed by atoms with Crippen LogP contribution >= 0.6 is 0 Å². The van der Waals surface area contributed by atoms with Crippen molar-refractivity contribution >= 4 is 25.2 Å². The zero-order valence-corrected chi connectivity index (χ0v) is 26.4. The van der Waals surface area contributed by atoms with Crippen LogP contribution in [0.2, 0.25) is 13.1 Å². The highest BCUT2D eigenvalue weighted by molar-refractivity contribution is 6.85. The Balaban J connectivity index is 0.000000671. The van der Waals surface area contributed by atoms with Gasteiger partial charge in [0.1, 0.15) is 0 Å². The number of anilines is 1. The summed E-state index contributed by atoms with van der Waals surface area (Å²) < 4.78 is 5.84. The summed E-state index contributed by atoms with van der Waals surface area (Å²) in [4.78, 5) is 14.3. The maximum atomic E-state index is 12.2. The molecule has 0 fully saturated rings. The van der Waals surface area contributed by atoms with Crippen molar-refractivity contribution in [3.05, 3.63) is 60.7 Å². The first kappa shape index (κ1) is 34.0. The standard InChI is InChI=1S/C26H46O2Si.C8H11N/c1-4-5-6-7-8-9-10-11-12-13-14-15-16-17-21-24-26(27)28-29(2,3)25-22-19-18-20-23-25;1-9(2)8-6-4-3-5-7-8/h18-20,22-23H,4-17,21,24H2,1-3H3;3-7H,1-2H3. The third-order valence-corrected chi connectivity index (χ3v) is 9.56. The lowest BCUT2D eigenvalue weighted by atomic mass is 10.0. The summed E-state index contributed by atoms with van der Waals surface area (Å²) in [5.41, 5.74) is 1.25. The molecular weight excluding hydrogens is 482 g/mol. The molecule has 0 spiro atoms. The Kier molecular flexibility index (Phi) is 19.5. The van der Waals surface area contributed by atoms with Gasteiger partial charge in [-0.1, -0.05) is 145 Å². The van der Waals surface area contributed by atoms with Gasteiger partial charge in [0.2, 0.25) is 0 Å². The minimum absolute atomic E-state index is 0.0137. The number of carbonyl (C=O) groups is 1. The van der Waals surface area contributed by atoms with Crippen LogP contribution in [0.25, 0.3) is 0 Å². The zero-order chi connectivity index (χ0) is 27.9. The van der Waals surface area contributed by atoms with Gasteiger partial charge in [-0.05, 0) is 36.8 Å². The van der Waals surface area contributed by atoms with Crippen molar-refractivity contribution in [3.8, 4) is 0 Å². The smallest absolute Gasteiger partial charge is 0.292 e. The third kappa shape index (κ3) is 17.4. The Labute approximate surface area is 236 Å². The molecule has 4 heteroatoms. The Morgan fingerprint density at radius 1 is 0.632 bits per heavy atom. The first-order valence-corrected chi connectivity index (χ1v) is 18.3. The second-order valence-corrected chi connectivity index (χ2v) is 15.1. The van der Waals surface area contributed by atoms with Crippen molar-refractivity contribution in [1.29, 1.82) is 0 Å². The lowest BCUT2D eigenvalue weighted by molar-refractivity contribution is -0.135. The molecule has 38 heavy (non-hydrogen) atoms. The summed E-state index contributed by atoms with van der Waals surface area (Å²) in [6.07, 6.45) is 20.7. The van der Waals surface area contributed by atoms with Gasteiger partial charge in [-0.2, -0.15) is 0 Å². The number of hydrogen-bond acceptors (Lipinski definition) is 3. The average molecular weight is 540 g/mol. The van der Waals surface area contributed by atoms with E-state index in [-0.39, 0.29) is 5.97 Å². The number of nitrogens with zero attached hydrogens (tertiary/aromatic N) is 1. The van der Waals surface area contributed by atoms with Crippen LogP contribution in [0.1, 0.15) is 110 Å². The molecule has 0 bridgehead atoms. The van der Waals surface area contributed by atoms with Gasteiger partial charge >= 0.3 is 0 Å². The fourth-order valence-corrected chi connectivity index (χ4v) is 6.39. The summed E-state index contributed by atoms with van der Waals surface area (Å²) >= 11 is 0. The number of carbonyl (C=O) groups excluding carboxylic acids is 1. The maximum Gasteiger partial charge on any atom is 0.292 e. The van der Waals surface area contributed by atoms with Crippen LogP contribution in [-0.4, -0.2) is 28.4 Å². The molecule has 0 heterocycles. The van der Waals surface area contributed by atoms with Crippen molar-refractivity contribution in [2.75, 3.05) is 19.0 Å². The summed E-state index contributed by atoms with van der Waals surface area (Å²) in [5, 5.41) is 1.19. The van der Waals surface area contributed by atoms with Crippen LogP contribution in [0.5, 0.6) is 0 Å². The monoisotopic (exact) mass is 539 g/mol. The van der Waals surface area contributed by atoms with Crippen LogP contribution in [0.3, 0.4) is 0 Å². The van der Waals surface area contributed by atoms with Crippen molar-refractivity contribution in [2.45, 2.75) is 123 Å². The van der Waals surface area contributed by atoms with E-state index in [1.165, 1.54) is 94.3 Å². The average Bonchev–Trinajstić information content (AvgIpc) is 2.92. The van der Waals surface area contributed by atoms with Gasteiger partial charge in [0.15, 0.2) is 0 Å². The molecule has 0 unspecified atom stereocenters. The molecule has 214 valence electrons. The number of para-hydroxylation sites is 1. The predicted octanol–water partition coefficient (Wildman–Crippen LogP) is 9.66. The van der Waals surface area contributed by atoms with Gasteiger partial charge < -0.3 is 9.33 Å². The largest absolute Gasteiger partial charge is 0.515 e. The van der Waals surface area contributed by atoms with E-state index in [0.29, 0.717) is 6.42 Å².